The maximum Gasteiger partial charge on any atom is 0.108 e. The molecule has 1 saturated carbocycles. The molecule has 0 unspecified atom stereocenters. The molecule has 1 heteroatoms. The summed E-state index contributed by atoms with van der Waals surface area (Å²) < 4.78 is 12.1. The Hall–Kier alpha value is -1.89. The van der Waals surface area contributed by atoms with Crippen molar-refractivity contribution >= 4 is 0 Å². The molecule has 2 aromatic rings. The van der Waals surface area contributed by atoms with E-state index in [-0.39, 0.29) is 6.67 Å². The van der Waals surface area contributed by atoms with Crippen molar-refractivity contribution in [1.29, 1.82) is 0 Å². The van der Waals surface area contributed by atoms with Crippen LogP contribution < -0.4 is 0 Å². The molecular weight excluding hydrogens is 343 g/mol. The van der Waals surface area contributed by atoms with E-state index in [1.54, 1.807) is 6.08 Å². The van der Waals surface area contributed by atoms with Gasteiger partial charge >= 0.3 is 0 Å². The lowest BCUT2D eigenvalue weighted by molar-refractivity contribution is 0.265. The summed E-state index contributed by atoms with van der Waals surface area (Å²) in [5.74, 6) is 1.65. The zero-order valence-electron chi connectivity index (χ0n) is 17.4. The average molecular weight is 379 g/mol. The third-order valence-electron chi connectivity index (χ3n) is 6.31. The standard InChI is InChI=1S/C27H35F/c1-2-5-22-13-17-26(18-14-22)27-19-15-25(16-20-27)12-11-24-9-7-23(8-10-24)6-3-4-21-28/h3-4,13-20,23-24H,2,5-12,21H2,1H3/b4-3+. The Morgan fingerprint density at radius 2 is 1.29 bits per heavy atom. The summed E-state index contributed by atoms with van der Waals surface area (Å²) in [5, 5.41) is 0. The number of hydrogen-bond acceptors (Lipinski definition) is 0. The largest absolute Gasteiger partial charge is 0.247 e. The number of rotatable bonds is 9. The molecule has 0 N–H and O–H groups in total. The fourth-order valence-corrected chi connectivity index (χ4v) is 4.49. The third-order valence-corrected chi connectivity index (χ3v) is 6.31. The number of aryl methyl sites for hydroxylation is 2. The van der Waals surface area contributed by atoms with Gasteiger partial charge in [0.1, 0.15) is 6.67 Å². The lowest BCUT2D eigenvalue weighted by atomic mass is 9.78. The van der Waals surface area contributed by atoms with Crippen molar-refractivity contribution in [2.45, 2.75) is 64.7 Å². The number of hydrogen-bond donors (Lipinski definition) is 0. The molecule has 0 spiro atoms. The second kappa shape index (κ2) is 11.2. The van der Waals surface area contributed by atoms with E-state index < -0.39 is 0 Å². The van der Waals surface area contributed by atoms with E-state index in [4.69, 9.17) is 0 Å². The van der Waals surface area contributed by atoms with Crippen LogP contribution in [0, 0.1) is 11.8 Å². The molecule has 2 aromatic carbocycles. The SMILES string of the molecule is CCCc1ccc(-c2ccc(CCC3CCC(C/C=C/CF)CC3)cc2)cc1. The van der Waals surface area contributed by atoms with Gasteiger partial charge < -0.3 is 0 Å². The Kier molecular flexibility index (Phi) is 8.33. The molecule has 3 rings (SSSR count). The van der Waals surface area contributed by atoms with Gasteiger partial charge in [-0.2, -0.15) is 0 Å². The minimum absolute atomic E-state index is 0.321. The minimum atomic E-state index is -0.321. The lowest BCUT2D eigenvalue weighted by Crippen LogP contribution is -2.14. The van der Waals surface area contributed by atoms with Gasteiger partial charge in [0.15, 0.2) is 0 Å². The molecular formula is C27H35F. The van der Waals surface area contributed by atoms with Crippen LogP contribution in [0.3, 0.4) is 0 Å². The first-order valence-electron chi connectivity index (χ1n) is 11.2. The van der Waals surface area contributed by atoms with Crippen molar-refractivity contribution in [1.82, 2.24) is 0 Å². The Morgan fingerprint density at radius 1 is 0.750 bits per heavy atom. The number of benzene rings is 2. The van der Waals surface area contributed by atoms with Crippen molar-refractivity contribution in [3.05, 3.63) is 71.8 Å². The second-order valence-corrected chi connectivity index (χ2v) is 8.43. The van der Waals surface area contributed by atoms with Gasteiger partial charge in [0.25, 0.3) is 0 Å². The van der Waals surface area contributed by atoms with E-state index in [0.29, 0.717) is 0 Å². The Morgan fingerprint density at radius 3 is 1.82 bits per heavy atom. The van der Waals surface area contributed by atoms with Crippen LogP contribution in [0.2, 0.25) is 0 Å². The normalized spacial score (nSPS) is 19.9. The molecule has 0 saturated heterocycles. The van der Waals surface area contributed by atoms with Gasteiger partial charge in [-0.05, 0) is 72.6 Å². The van der Waals surface area contributed by atoms with Crippen LogP contribution in [0.15, 0.2) is 60.7 Å². The predicted molar refractivity (Wildman–Crippen MR) is 119 cm³/mol. The molecule has 0 amide bonds. The van der Waals surface area contributed by atoms with Crippen molar-refractivity contribution < 1.29 is 4.39 Å². The van der Waals surface area contributed by atoms with Crippen molar-refractivity contribution in [3.63, 3.8) is 0 Å². The highest BCUT2D eigenvalue weighted by Gasteiger charge is 2.20. The Bertz CT molecular complexity index is 703. The number of alkyl halides is 1. The minimum Gasteiger partial charge on any atom is -0.247 e. The van der Waals surface area contributed by atoms with Gasteiger partial charge in [0.2, 0.25) is 0 Å². The molecule has 1 aliphatic carbocycles. The molecule has 1 aliphatic rings. The molecule has 28 heavy (non-hydrogen) atoms. The molecule has 0 heterocycles. The topological polar surface area (TPSA) is 0 Å². The van der Waals surface area contributed by atoms with Crippen molar-refractivity contribution in [3.8, 4) is 11.1 Å². The van der Waals surface area contributed by atoms with Gasteiger partial charge in [-0.3, -0.25) is 0 Å². The van der Waals surface area contributed by atoms with Gasteiger partial charge in [0, 0.05) is 0 Å². The van der Waals surface area contributed by atoms with E-state index in [1.165, 1.54) is 67.2 Å². The van der Waals surface area contributed by atoms with Crippen LogP contribution in [0.4, 0.5) is 4.39 Å². The quantitative estimate of drug-likeness (QED) is 0.388. The monoisotopic (exact) mass is 378 g/mol. The highest BCUT2D eigenvalue weighted by atomic mass is 19.1. The number of halogens is 1. The summed E-state index contributed by atoms with van der Waals surface area (Å²) in [6.07, 6.45) is 14.9. The van der Waals surface area contributed by atoms with Gasteiger partial charge in [-0.1, -0.05) is 86.9 Å². The first-order chi connectivity index (χ1) is 13.8. The second-order valence-electron chi connectivity index (χ2n) is 8.43. The zero-order chi connectivity index (χ0) is 19.6. The molecule has 0 aliphatic heterocycles. The van der Waals surface area contributed by atoms with E-state index in [2.05, 4.69) is 55.5 Å². The summed E-state index contributed by atoms with van der Waals surface area (Å²) in [5.41, 5.74) is 5.51. The summed E-state index contributed by atoms with van der Waals surface area (Å²) in [6, 6.07) is 18.2. The Labute approximate surface area is 170 Å². The van der Waals surface area contributed by atoms with Crippen LogP contribution in [-0.2, 0) is 12.8 Å². The molecule has 0 bridgehead atoms. The zero-order valence-corrected chi connectivity index (χ0v) is 17.4. The molecule has 0 radical (unpaired) electrons. The molecule has 0 aromatic heterocycles. The molecule has 1 fully saturated rings. The van der Waals surface area contributed by atoms with Gasteiger partial charge in [-0.15, -0.1) is 0 Å². The summed E-state index contributed by atoms with van der Waals surface area (Å²) in [4.78, 5) is 0. The van der Waals surface area contributed by atoms with Crippen molar-refractivity contribution in [2.24, 2.45) is 11.8 Å². The van der Waals surface area contributed by atoms with Gasteiger partial charge in [0.05, 0.1) is 0 Å². The van der Waals surface area contributed by atoms with Crippen LogP contribution in [0.1, 0.15) is 63.0 Å². The Balaban J connectivity index is 1.44. The highest BCUT2D eigenvalue weighted by Crippen LogP contribution is 2.33. The first-order valence-corrected chi connectivity index (χ1v) is 11.2. The molecule has 0 nitrogen and oxygen atoms in total. The van der Waals surface area contributed by atoms with E-state index >= 15 is 0 Å². The van der Waals surface area contributed by atoms with Crippen LogP contribution in [-0.4, -0.2) is 6.67 Å². The third kappa shape index (κ3) is 6.33. The van der Waals surface area contributed by atoms with Crippen LogP contribution >= 0.6 is 0 Å². The molecule has 150 valence electrons. The van der Waals surface area contributed by atoms with Crippen molar-refractivity contribution in [2.75, 3.05) is 6.67 Å². The summed E-state index contributed by atoms with van der Waals surface area (Å²) >= 11 is 0. The predicted octanol–water partition coefficient (Wildman–Crippen LogP) is 7.96. The van der Waals surface area contributed by atoms with Gasteiger partial charge in [-0.25, -0.2) is 4.39 Å². The average Bonchev–Trinajstić information content (AvgIpc) is 2.75. The maximum atomic E-state index is 12.1. The number of allylic oxidation sites excluding steroid dienone is 2. The summed E-state index contributed by atoms with van der Waals surface area (Å²) in [6.45, 7) is 1.91. The highest BCUT2D eigenvalue weighted by molar-refractivity contribution is 5.63. The molecule has 0 atom stereocenters. The maximum absolute atomic E-state index is 12.1. The summed E-state index contributed by atoms with van der Waals surface area (Å²) in [7, 11) is 0. The fraction of sp³-hybridized carbons (Fsp3) is 0.481. The van der Waals surface area contributed by atoms with E-state index in [1.807, 2.05) is 6.08 Å². The van der Waals surface area contributed by atoms with E-state index in [0.717, 1.165) is 24.7 Å². The lowest BCUT2D eigenvalue weighted by Gasteiger charge is -2.28. The van der Waals surface area contributed by atoms with Crippen LogP contribution in [0.5, 0.6) is 0 Å². The first kappa shape index (κ1) is 20.8. The van der Waals surface area contributed by atoms with E-state index in [9.17, 15) is 4.39 Å². The van der Waals surface area contributed by atoms with Crippen LogP contribution in [0.25, 0.3) is 11.1 Å². The fourth-order valence-electron chi connectivity index (χ4n) is 4.49. The smallest absolute Gasteiger partial charge is 0.108 e.